The monoisotopic (exact) mass is 454 g/mol. The molecule has 0 bridgehead atoms. The van der Waals surface area contributed by atoms with Crippen LogP contribution < -0.4 is 10.6 Å². The van der Waals surface area contributed by atoms with Crippen LogP contribution in [0, 0.1) is 6.92 Å². The van der Waals surface area contributed by atoms with Crippen molar-refractivity contribution in [3.63, 3.8) is 0 Å². The predicted octanol–water partition coefficient (Wildman–Crippen LogP) is 4.10. The van der Waals surface area contributed by atoms with Crippen LogP contribution in [0.1, 0.15) is 32.7 Å². The average molecular weight is 455 g/mol. The van der Waals surface area contributed by atoms with Gasteiger partial charge in [0.25, 0.3) is 11.8 Å². The number of nitrogens with zero attached hydrogens (tertiary/aromatic N) is 2. The second kappa shape index (κ2) is 10.5. The van der Waals surface area contributed by atoms with Crippen molar-refractivity contribution in [1.82, 2.24) is 20.4 Å². The third-order valence-electron chi connectivity index (χ3n) is 5.30. The smallest absolute Gasteiger partial charge is 0.255 e. The van der Waals surface area contributed by atoms with E-state index >= 15 is 0 Å². The topological polar surface area (TPSA) is 96.3 Å². The standard InChI is InChI=1S/C27H26N4O3/c1-19-8-5-9-20(16-19)25-24(18-31(30-25)22-11-3-2-4-12-22)27(34)29-15-7-14-28-26(33)21-10-6-13-23(32)17-21/h2-6,8-13,16-18,32H,7,14-15H2,1H3,(H,28,33)(H,29,34). The molecule has 2 amide bonds. The van der Waals surface area contributed by atoms with Gasteiger partial charge in [0.05, 0.1) is 11.3 Å². The lowest BCUT2D eigenvalue weighted by atomic mass is 10.1. The number of aryl methyl sites for hydroxylation is 1. The number of amides is 2. The Bertz CT molecular complexity index is 1300. The summed E-state index contributed by atoms with van der Waals surface area (Å²) in [6, 6.07) is 23.7. The molecule has 3 N–H and O–H groups in total. The first-order valence-corrected chi connectivity index (χ1v) is 11.1. The van der Waals surface area contributed by atoms with Crippen molar-refractivity contribution in [3.8, 4) is 22.7 Å². The third kappa shape index (κ3) is 5.50. The predicted molar refractivity (Wildman–Crippen MR) is 131 cm³/mol. The molecule has 0 unspecified atom stereocenters. The highest BCUT2D eigenvalue weighted by atomic mass is 16.3. The van der Waals surface area contributed by atoms with Gasteiger partial charge in [-0.3, -0.25) is 9.59 Å². The van der Waals surface area contributed by atoms with Gasteiger partial charge < -0.3 is 15.7 Å². The number of rotatable bonds is 8. The van der Waals surface area contributed by atoms with Gasteiger partial charge in [-0.15, -0.1) is 0 Å². The van der Waals surface area contributed by atoms with Crippen LogP contribution in [-0.2, 0) is 0 Å². The minimum Gasteiger partial charge on any atom is -0.508 e. The second-order valence-corrected chi connectivity index (χ2v) is 7.96. The summed E-state index contributed by atoms with van der Waals surface area (Å²) in [5.41, 5.74) is 4.31. The SMILES string of the molecule is Cc1cccc(-c2nn(-c3ccccc3)cc2C(=O)NCCCNC(=O)c2cccc(O)c2)c1. The van der Waals surface area contributed by atoms with E-state index in [9.17, 15) is 14.7 Å². The molecule has 0 aliphatic heterocycles. The highest BCUT2D eigenvalue weighted by Crippen LogP contribution is 2.24. The molecular weight excluding hydrogens is 428 g/mol. The van der Waals surface area contributed by atoms with E-state index in [0.29, 0.717) is 36.3 Å². The van der Waals surface area contributed by atoms with Crippen molar-refractivity contribution < 1.29 is 14.7 Å². The number of nitrogens with one attached hydrogen (secondary N) is 2. The minimum atomic E-state index is -0.270. The normalized spacial score (nSPS) is 10.6. The summed E-state index contributed by atoms with van der Waals surface area (Å²) in [5.74, 6) is -0.452. The average Bonchev–Trinajstić information content (AvgIpc) is 3.30. The largest absolute Gasteiger partial charge is 0.508 e. The maximum absolute atomic E-state index is 13.0. The van der Waals surface area contributed by atoms with E-state index in [-0.39, 0.29) is 17.6 Å². The summed E-state index contributed by atoms with van der Waals surface area (Å²) in [6.45, 7) is 2.79. The molecule has 0 fully saturated rings. The number of hydrogen-bond acceptors (Lipinski definition) is 4. The van der Waals surface area contributed by atoms with E-state index in [1.807, 2.05) is 61.5 Å². The number of aromatic hydroxyl groups is 1. The lowest BCUT2D eigenvalue weighted by Gasteiger charge is -2.08. The molecule has 0 atom stereocenters. The molecule has 7 nitrogen and oxygen atoms in total. The van der Waals surface area contributed by atoms with E-state index in [0.717, 1.165) is 16.8 Å². The molecule has 1 aromatic heterocycles. The van der Waals surface area contributed by atoms with E-state index in [1.54, 1.807) is 23.0 Å². The van der Waals surface area contributed by atoms with Crippen LogP contribution in [0.4, 0.5) is 0 Å². The van der Waals surface area contributed by atoms with Crippen LogP contribution >= 0.6 is 0 Å². The summed E-state index contributed by atoms with van der Waals surface area (Å²) < 4.78 is 1.71. The molecule has 0 spiro atoms. The zero-order chi connectivity index (χ0) is 23.9. The van der Waals surface area contributed by atoms with Crippen LogP contribution in [-0.4, -0.2) is 39.8 Å². The second-order valence-electron chi connectivity index (χ2n) is 7.96. The fourth-order valence-electron chi connectivity index (χ4n) is 3.60. The van der Waals surface area contributed by atoms with Gasteiger partial charge in [0.2, 0.25) is 0 Å². The number of carbonyl (C=O) groups is 2. The third-order valence-corrected chi connectivity index (χ3v) is 5.30. The molecule has 0 saturated carbocycles. The molecule has 4 aromatic rings. The summed E-state index contributed by atoms with van der Waals surface area (Å²) in [5, 5.41) is 19.9. The van der Waals surface area contributed by atoms with Crippen LogP contribution in [0.5, 0.6) is 5.75 Å². The number of benzene rings is 3. The van der Waals surface area contributed by atoms with E-state index in [1.165, 1.54) is 12.1 Å². The Labute approximate surface area is 198 Å². The first kappa shape index (κ1) is 22.8. The Hall–Kier alpha value is -4.39. The minimum absolute atomic E-state index is 0.0420. The van der Waals surface area contributed by atoms with Crippen molar-refractivity contribution in [2.75, 3.05) is 13.1 Å². The number of para-hydroxylation sites is 1. The molecule has 7 heteroatoms. The van der Waals surface area contributed by atoms with Crippen molar-refractivity contribution >= 4 is 11.8 Å². The Kier molecular flexibility index (Phi) is 7.03. The van der Waals surface area contributed by atoms with Crippen LogP contribution in [0.3, 0.4) is 0 Å². The van der Waals surface area contributed by atoms with E-state index in [2.05, 4.69) is 10.6 Å². The molecule has 4 rings (SSSR count). The summed E-state index contributed by atoms with van der Waals surface area (Å²) in [4.78, 5) is 25.2. The van der Waals surface area contributed by atoms with Gasteiger partial charge in [0, 0.05) is 30.4 Å². The maximum Gasteiger partial charge on any atom is 0.255 e. The van der Waals surface area contributed by atoms with Gasteiger partial charge in [0.1, 0.15) is 11.4 Å². The fourth-order valence-corrected chi connectivity index (χ4v) is 3.60. The van der Waals surface area contributed by atoms with Crippen molar-refractivity contribution in [3.05, 3.63) is 102 Å². The van der Waals surface area contributed by atoms with E-state index < -0.39 is 0 Å². The van der Waals surface area contributed by atoms with Crippen molar-refractivity contribution in [2.45, 2.75) is 13.3 Å². The van der Waals surface area contributed by atoms with E-state index in [4.69, 9.17) is 5.10 Å². The van der Waals surface area contributed by atoms with Gasteiger partial charge in [-0.05, 0) is 49.7 Å². The number of aromatic nitrogens is 2. The van der Waals surface area contributed by atoms with Gasteiger partial charge in [0.15, 0.2) is 0 Å². The quantitative estimate of drug-likeness (QED) is 0.349. The molecule has 0 saturated heterocycles. The van der Waals surface area contributed by atoms with Crippen LogP contribution in [0.25, 0.3) is 16.9 Å². The Morgan fingerprint density at radius 3 is 2.35 bits per heavy atom. The van der Waals surface area contributed by atoms with Crippen molar-refractivity contribution in [2.24, 2.45) is 0 Å². The zero-order valence-corrected chi connectivity index (χ0v) is 18.9. The highest BCUT2D eigenvalue weighted by molar-refractivity contribution is 6.00. The van der Waals surface area contributed by atoms with Gasteiger partial charge in [-0.1, -0.05) is 48.0 Å². The molecule has 34 heavy (non-hydrogen) atoms. The summed E-state index contributed by atoms with van der Waals surface area (Å²) in [6.07, 6.45) is 2.30. The molecule has 0 aliphatic carbocycles. The Morgan fingerprint density at radius 1 is 0.882 bits per heavy atom. The lowest BCUT2D eigenvalue weighted by Crippen LogP contribution is -2.30. The Balaban J connectivity index is 1.41. The van der Waals surface area contributed by atoms with Crippen LogP contribution in [0.15, 0.2) is 85.1 Å². The zero-order valence-electron chi connectivity index (χ0n) is 18.9. The lowest BCUT2D eigenvalue weighted by molar-refractivity contribution is 0.0951. The summed E-state index contributed by atoms with van der Waals surface area (Å²) >= 11 is 0. The first-order chi connectivity index (χ1) is 16.5. The molecule has 1 heterocycles. The number of carbonyl (C=O) groups excluding carboxylic acids is 2. The molecule has 0 radical (unpaired) electrons. The summed E-state index contributed by atoms with van der Waals surface area (Å²) in [7, 11) is 0. The Morgan fingerprint density at radius 2 is 1.62 bits per heavy atom. The van der Waals surface area contributed by atoms with Gasteiger partial charge in [-0.2, -0.15) is 5.10 Å². The van der Waals surface area contributed by atoms with Crippen LogP contribution in [0.2, 0.25) is 0 Å². The van der Waals surface area contributed by atoms with Gasteiger partial charge >= 0.3 is 0 Å². The maximum atomic E-state index is 13.0. The number of phenols is 1. The number of hydrogen-bond donors (Lipinski definition) is 3. The molecule has 0 aliphatic rings. The molecule has 3 aromatic carbocycles. The van der Waals surface area contributed by atoms with Gasteiger partial charge in [-0.25, -0.2) is 4.68 Å². The fraction of sp³-hybridized carbons (Fsp3) is 0.148. The molecular formula is C27H26N4O3. The van der Waals surface area contributed by atoms with Crippen molar-refractivity contribution in [1.29, 1.82) is 0 Å². The number of phenolic OH excluding ortho intramolecular Hbond substituents is 1. The first-order valence-electron chi connectivity index (χ1n) is 11.1. The molecule has 172 valence electrons. The highest BCUT2D eigenvalue weighted by Gasteiger charge is 2.18.